The molecule has 5 heteroatoms. The Balaban J connectivity index is 1.60. The lowest BCUT2D eigenvalue weighted by atomic mass is 10.0. The van der Waals surface area contributed by atoms with Crippen LogP contribution in [0.5, 0.6) is 0 Å². The summed E-state index contributed by atoms with van der Waals surface area (Å²) in [6, 6.07) is 0.655. The first-order valence-electron chi connectivity index (χ1n) is 7.03. The Hall–Kier alpha value is -0.940. The van der Waals surface area contributed by atoms with Crippen LogP contribution in [0.2, 0.25) is 0 Å². The maximum Gasteiger partial charge on any atom is 0.227 e. The second kappa shape index (κ2) is 6.85. The number of piperidine rings is 1. The summed E-state index contributed by atoms with van der Waals surface area (Å²) in [5, 5.41) is 7.38. The second-order valence-electron chi connectivity index (χ2n) is 5.06. The third-order valence-electron chi connectivity index (χ3n) is 3.47. The van der Waals surface area contributed by atoms with Gasteiger partial charge in [-0.25, -0.2) is 0 Å². The highest BCUT2D eigenvalue weighted by atomic mass is 16.5. The molecule has 0 spiro atoms. The minimum absolute atomic E-state index is 0.655. The fourth-order valence-electron chi connectivity index (χ4n) is 2.50. The average molecular weight is 252 g/mol. The van der Waals surface area contributed by atoms with Crippen molar-refractivity contribution in [1.82, 2.24) is 20.4 Å². The number of hydrogen-bond donors (Lipinski definition) is 1. The fraction of sp³-hybridized carbons (Fsp3) is 0.846. The number of likely N-dealkylation sites (tertiary alicyclic amines) is 1. The molecule has 0 atom stereocenters. The first-order chi connectivity index (χ1) is 8.78. The van der Waals surface area contributed by atoms with Crippen LogP contribution in [0.15, 0.2) is 4.52 Å². The normalized spacial score (nSPS) is 18.3. The van der Waals surface area contributed by atoms with Crippen molar-refractivity contribution in [2.75, 3.05) is 26.2 Å². The average Bonchev–Trinajstić information content (AvgIpc) is 2.78. The molecular formula is C13H24N4O. The van der Waals surface area contributed by atoms with Gasteiger partial charge in [0.2, 0.25) is 5.89 Å². The smallest absolute Gasteiger partial charge is 0.227 e. The summed E-state index contributed by atoms with van der Waals surface area (Å²) in [6.45, 7) is 8.73. The molecular weight excluding hydrogens is 228 g/mol. The molecule has 0 aromatic carbocycles. The van der Waals surface area contributed by atoms with Crippen molar-refractivity contribution in [2.24, 2.45) is 0 Å². The van der Waals surface area contributed by atoms with Gasteiger partial charge in [0.05, 0.1) is 0 Å². The van der Waals surface area contributed by atoms with Crippen LogP contribution in [0, 0.1) is 6.92 Å². The van der Waals surface area contributed by atoms with E-state index in [1.807, 2.05) is 6.92 Å². The van der Waals surface area contributed by atoms with E-state index < -0.39 is 0 Å². The molecule has 0 bridgehead atoms. The summed E-state index contributed by atoms with van der Waals surface area (Å²) in [5.41, 5.74) is 0. The molecule has 0 aliphatic carbocycles. The Morgan fingerprint density at radius 3 is 2.78 bits per heavy atom. The predicted octanol–water partition coefficient (Wildman–Crippen LogP) is 1.38. The molecule has 1 aliphatic rings. The molecule has 2 heterocycles. The minimum Gasteiger partial charge on any atom is -0.339 e. The van der Waals surface area contributed by atoms with Crippen LogP contribution >= 0.6 is 0 Å². The van der Waals surface area contributed by atoms with Gasteiger partial charge in [-0.2, -0.15) is 4.98 Å². The number of nitrogens with one attached hydrogen (secondary N) is 1. The molecule has 1 aliphatic heterocycles. The molecule has 18 heavy (non-hydrogen) atoms. The molecule has 0 radical (unpaired) electrons. The highest BCUT2D eigenvalue weighted by molar-refractivity contribution is 4.84. The monoisotopic (exact) mass is 252 g/mol. The second-order valence-corrected chi connectivity index (χ2v) is 5.06. The van der Waals surface area contributed by atoms with Crippen molar-refractivity contribution in [3.05, 3.63) is 11.7 Å². The molecule has 0 unspecified atom stereocenters. The molecule has 0 saturated carbocycles. The van der Waals surface area contributed by atoms with Crippen molar-refractivity contribution in [3.63, 3.8) is 0 Å². The number of rotatable bonds is 6. The summed E-state index contributed by atoms with van der Waals surface area (Å²) < 4.78 is 5.09. The summed E-state index contributed by atoms with van der Waals surface area (Å²) in [6.07, 6.45) is 4.59. The zero-order valence-electron chi connectivity index (χ0n) is 11.5. The zero-order chi connectivity index (χ0) is 12.8. The Morgan fingerprint density at radius 1 is 1.39 bits per heavy atom. The maximum atomic E-state index is 5.09. The lowest BCUT2D eigenvalue weighted by Gasteiger charge is -2.32. The molecule has 1 aromatic heterocycles. The Morgan fingerprint density at radius 2 is 2.17 bits per heavy atom. The fourth-order valence-corrected chi connectivity index (χ4v) is 2.50. The van der Waals surface area contributed by atoms with Gasteiger partial charge in [0.1, 0.15) is 0 Å². The van der Waals surface area contributed by atoms with Crippen molar-refractivity contribution in [3.8, 4) is 0 Å². The van der Waals surface area contributed by atoms with Gasteiger partial charge in [-0.05, 0) is 45.8 Å². The van der Waals surface area contributed by atoms with Gasteiger partial charge in [-0.15, -0.1) is 0 Å². The van der Waals surface area contributed by atoms with Crippen LogP contribution in [0.25, 0.3) is 0 Å². The quantitative estimate of drug-likeness (QED) is 0.829. The van der Waals surface area contributed by atoms with E-state index in [1.54, 1.807) is 0 Å². The van der Waals surface area contributed by atoms with Crippen LogP contribution in [-0.2, 0) is 6.42 Å². The number of aryl methyl sites for hydroxylation is 1. The molecule has 1 N–H and O–H groups in total. The predicted molar refractivity (Wildman–Crippen MR) is 70.5 cm³/mol. The molecule has 1 fully saturated rings. The summed E-state index contributed by atoms with van der Waals surface area (Å²) in [7, 11) is 0. The Labute approximate surface area is 109 Å². The van der Waals surface area contributed by atoms with Crippen LogP contribution in [-0.4, -0.2) is 47.3 Å². The number of hydrogen-bond acceptors (Lipinski definition) is 5. The van der Waals surface area contributed by atoms with Crippen LogP contribution in [0.4, 0.5) is 0 Å². The first-order valence-corrected chi connectivity index (χ1v) is 7.03. The van der Waals surface area contributed by atoms with Crippen molar-refractivity contribution < 1.29 is 4.52 Å². The van der Waals surface area contributed by atoms with Gasteiger partial charge >= 0.3 is 0 Å². The van der Waals surface area contributed by atoms with Gasteiger partial charge in [0, 0.05) is 19.0 Å². The summed E-state index contributed by atoms with van der Waals surface area (Å²) in [5.74, 6) is 1.46. The first kappa shape index (κ1) is 13.5. The van der Waals surface area contributed by atoms with E-state index in [2.05, 4.69) is 27.3 Å². The van der Waals surface area contributed by atoms with E-state index in [9.17, 15) is 0 Å². The Bertz CT molecular complexity index is 345. The van der Waals surface area contributed by atoms with Crippen LogP contribution in [0.3, 0.4) is 0 Å². The molecule has 1 saturated heterocycles. The molecule has 1 aromatic rings. The summed E-state index contributed by atoms with van der Waals surface area (Å²) in [4.78, 5) is 6.76. The van der Waals surface area contributed by atoms with Crippen molar-refractivity contribution in [2.45, 2.75) is 45.6 Å². The van der Waals surface area contributed by atoms with Crippen molar-refractivity contribution >= 4 is 0 Å². The van der Waals surface area contributed by atoms with E-state index in [0.717, 1.165) is 24.7 Å². The standard InChI is InChI=1S/C13H24N4O/c1-3-8-17-9-5-12(6-10-17)14-7-4-13-15-11(2)16-18-13/h12,14H,3-10H2,1-2H3. The van der Waals surface area contributed by atoms with Crippen LogP contribution in [0.1, 0.15) is 37.9 Å². The third kappa shape index (κ3) is 4.07. The van der Waals surface area contributed by atoms with Gasteiger partial charge in [-0.1, -0.05) is 12.1 Å². The largest absolute Gasteiger partial charge is 0.339 e. The molecule has 102 valence electrons. The third-order valence-corrected chi connectivity index (χ3v) is 3.47. The van der Waals surface area contributed by atoms with Gasteiger partial charge < -0.3 is 14.7 Å². The molecule has 5 nitrogen and oxygen atoms in total. The topological polar surface area (TPSA) is 54.2 Å². The SMILES string of the molecule is CCCN1CCC(NCCc2nc(C)no2)CC1. The lowest BCUT2D eigenvalue weighted by Crippen LogP contribution is -2.43. The van der Waals surface area contributed by atoms with E-state index in [-0.39, 0.29) is 0 Å². The summed E-state index contributed by atoms with van der Waals surface area (Å²) >= 11 is 0. The lowest BCUT2D eigenvalue weighted by molar-refractivity contribution is 0.198. The van der Waals surface area contributed by atoms with Crippen molar-refractivity contribution in [1.29, 1.82) is 0 Å². The highest BCUT2D eigenvalue weighted by Crippen LogP contribution is 2.10. The van der Waals surface area contributed by atoms with E-state index >= 15 is 0 Å². The molecule has 0 amide bonds. The highest BCUT2D eigenvalue weighted by Gasteiger charge is 2.17. The van der Waals surface area contributed by atoms with Crippen LogP contribution < -0.4 is 5.32 Å². The van der Waals surface area contributed by atoms with Gasteiger partial charge in [-0.3, -0.25) is 0 Å². The van der Waals surface area contributed by atoms with E-state index in [4.69, 9.17) is 4.52 Å². The van der Waals surface area contributed by atoms with E-state index in [0.29, 0.717) is 6.04 Å². The molecule has 2 rings (SSSR count). The zero-order valence-corrected chi connectivity index (χ0v) is 11.5. The Kier molecular flexibility index (Phi) is 5.13. The number of aromatic nitrogens is 2. The van der Waals surface area contributed by atoms with E-state index in [1.165, 1.54) is 38.9 Å². The van der Waals surface area contributed by atoms with Gasteiger partial charge in [0.15, 0.2) is 5.82 Å². The maximum absolute atomic E-state index is 5.09. The van der Waals surface area contributed by atoms with Gasteiger partial charge in [0.25, 0.3) is 0 Å². The minimum atomic E-state index is 0.655. The number of nitrogens with zero attached hydrogens (tertiary/aromatic N) is 3.